The SMILES string of the molecule is CCCCCCCCc1ccc(C(C)(C)CCCCCN)cc1. The molecule has 0 aliphatic rings. The summed E-state index contributed by atoms with van der Waals surface area (Å²) < 4.78 is 0. The zero-order chi connectivity index (χ0) is 17.0. The number of nitrogens with two attached hydrogens (primary N) is 1. The molecular weight excluding hydrogens is 278 g/mol. The maximum absolute atomic E-state index is 5.58. The molecule has 1 rings (SSSR count). The van der Waals surface area contributed by atoms with Crippen LogP contribution in [-0.4, -0.2) is 6.54 Å². The van der Waals surface area contributed by atoms with Crippen LogP contribution >= 0.6 is 0 Å². The van der Waals surface area contributed by atoms with Gasteiger partial charge >= 0.3 is 0 Å². The normalized spacial score (nSPS) is 11.8. The highest BCUT2D eigenvalue weighted by molar-refractivity contribution is 5.28. The Bertz CT molecular complexity index is 391. The molecule has 0 saturated carbocycles. The van der Waals surface area contributed by atoms with Crippen LogP contribution in [0.2, 0.25) is 0 Å². The molecule has 0 aromatic heterocycles. The molecule has 132 valence electrons. The average Bonchev–Trinajstić information content (AvgIpc) is 2.55. The maximum atomic E-state index is 5.58. The molecule has 1 nitrogen and oxygen atoms in total. The summed E-state index contributed by atoms with van der Waals surface area (Å²) in [6.45, 7) is 7.85. The Balaban J connectivity index is 2.33. The molecule has 0 amide bonds. The molecular formula is C22H39N. The van der Waals surface area contributed by atoms with E-state index in [1.165, 1.54) is 75.3 Å². The van der Waals surface area contributed by atoms with Gasteiger partial charge in [-0.1, -0.05) is 90.0 Å². The number of rotatable bonds is 13. The van der Waals surface area contributed by atoms with E-state index in [1.54, 1.807) is 0 Å². The Labute approximate surface area is 145 Å². The lowest BCUT2D eigenvalue weighted by Gasteiger charge is -2.25. The first-order valence-corrected chi connectivity index (χ1v) is 9.89. The summed E-state index contributed by atoms with van der Waals surface area (Å²) in [5, 5.41) is 0. The van der Waals surface area contributed by atoms with Crippen LogP contribution in [0.5, 0.6) is 0 Å². The van der Waals surface area contributed by atoms with Crippen LogP contribution in [0.4, 0.5) is 0 Å². The molecule has 1 aromatic carbocycles. The van der Waals surface area contributed by atoms with Crippen molar-refractivity contribution >= 4 is 0 Å². The Morgan fingerprint density at radius 3 is 2.04 bits per heavy atom. The van der Waals surface area contributed by atoms with Crippen molar-refractivity contribution in [2.75, 3.05) is 6.54 Å². The van der Waals surface area contributed by atoms with Crippen LogP contribution < -0.4 is 5.73 Å². The van der Waals surface area contributed by atoms with Crippen LogP contribution in [0.3, 0.4) is 0 Å². The van der Waals surface area contributed by atoms with Crippen LogP contribution in [0.15, 0.2) is 24.3 Å². The van der Waals surface area contributed by atoms with Gasteiger partial charge in [0.15, 0.2) is 0 Å². The van der Waals surface area contributed by atoms with Crippen LogP contribution in [0.1, 0.15) is 96.1 Å². The van der Waals surface area contributed by atoms with E-state index in [1.807, 2.05) is 0 Å². The fourth-order valence-electron chi connectivity index (χ4n) is 3.26. The standard InChI is InChI=1S/C22H39N/c1-4-5-6-7-8-10-13-20-14-16-21(17-15-20)22(2,3)18-11-9-12-19-23/h14-17H,4-13,18-19,23H2,1-3H3. The summed E-state index contributed by atoms with van der Waals surface area (Å²) in [5.74, 6) is 0. The first kappa shape index (κ1) is 20.2. The highest BCUT2D eigenvalue weighted by Gasteiger charge is 2.19. The van der Waals surface area contributed by atoms with Crippen molar-refractivity contribution in [3.05, 3.63) is 35.4 Å². The van der Waals surface area contributed by atoms with Gasteiger partial charge in [-0.3, -0.25) is 0 Å². The molecule has 2 N–H and O–H groups in total. The predicted molar refractivity (Wildman–Crippen MR) is 104 cm³/mol. The topological polar surface area (TPSA) is 26.0 Å². The fourth-order valence-corrected chi connectivity index (χ4v) is 3.26. The van der Waals surface area contributed by atoms with E-state index in [-0.39, 0.29) is 5.41 Å². The van der Waals surface area contributed by atoms with E-state index in [9.17, 15) is 0 Å². The van der Waals surface area contributed by atoms with Crippen molar-refractivity contribution in [1.82, 2.24) is 0 Å². The van der Waals surface area contributed by atoms with Gasteiger partial charge in [0, 0.05) is 0 Å². The number of benzene rings is 1. The Morgan fingerprint density at radius 2 is 1.39 bits per heavy atom. The van der Waals surface area contributed by atoms with Crippen LogP contribution in [0.25, 0.3) is 0 Å². The van der Waals surface area contributed by atoms with Gasteiger partial charge in [-0.25, -0.2) is 0 Å². The summed E-state index contributed by atoms with van der Waals surface area (Å²) in [6, 6.07) is 9.41. The molecule has 0 aliphatic carbocycles. The third kappa shape index (κ3) is 8.55. The van der Waals surface area contributed by atoms with Crippen molar-refractivity contribution in [1.29, 1.82) is 0 Å². The van der Waals surface area contributed by atoms with Gasteiger partial charge in [0.05, 0.1) is 0 Å². The monoisotopic (exact) mass is 317 g/mol. The molecule has 0 saturated heterocycles. The van der Waals surface area contributed by atoms with E-state index in [0.29, 0.717) is 0 Å². The molecule has 1 heteroatoms. The number of hydrogen-bond acceptors (Lipinski definition) is 1. The molecule has 0 fully saturated rings. The molecule has 0 spiro atoms. The van der Waals surface area contributed by atoms with Crippen molar-refractivity contribution in [2.24, 2.45) is 5.73 Å². The van der Waals surface area contributed by atoms with Gasteiger partial charge in [0.25, 0.3) is 0 Å². The van der Waals surface area contributed by atoms with Crippen molar-refractivity contribution in [3.63, 3.8) is 0 Å². The summed E-state index contributed by atoms with van der Waals surface area (Å²) in [7, 11) is 0. The van der Waals surface area contributed by atoms with Gasteiger partial charge in [0.2, 0.25) is 0 Å². The quantitative estimate of drug-likeness (QED) is 0.419. The van der Waals surface area contributed by atoms with Gasteiger partial charge in [0.1, 0.15) is 0 Å². The summed E-state index contributed by atoms with van der Waals surface area (Å²) >= 11 is 0. The van der Waals surface area contributed by atoms with E-state index in [2.05, 4.69) is 45.0 Å². The van der Waals surface area contributed by atoms with E-state index in [4.69, 9.17) is 5.73 Å². The van der Waals surface area contributed by atoms with Crippen LogP contribution in [0, 0.1) is 0 Å². The van der Waals surface area contributed by atoms with E-state index in [0.717, 1.165) is 13.0 Å². The van der Waals surface area contributed by atoms with E-state index < -0.39 is 0 Å². The molecule has 0 heterocycles. The van der Waals surface area contributed by atoms with Gasteiger partial charge in [-0.05, 0) is 48.8 Å². The van der Waals surface area contributed by atoms with Gasteiger partial charge < -0.3 is 5.73 Å². The number of hydrogen-bond donors (Lipinski definition) is 1. The molecule has 0 aliphatic heterocycles. The predicted octanol–water partition coefficient (Wildman–Crippen LogP) is 6.39. The van der Waals surface area contributed by atoms with Crippen LogP contribution in [-0.2, 0) is 11.8 Å². The first-order valence-electron chi connectivity index (χ1n) is 9.89. The van der Waals surface area contributed by atoms with Crippen molar-refractivity contribution in [2.45, 2.75) is 96.8 Å². The fraction of sp³-hybridized carbons (Fsp3) is 0.727. The third-order valence-corrected chi connectivity index (χ3v) is 5.06. The highest BCUT2D eigenvalue weighted by Crippen LogP contribution is 2.29. The lowest BCUT2D eigenvalue weighted by Crippen LogP contribution is -2.17. The maximum Gasteiger partial charge on any atom is -0.00773 e. The van der Waals surface area contributed by atoms with Gasteiger partial charge in [-0.15, -0.1) is 0 Å². The second-order valence-electron chi connectivity index (χ2n) is 7.70. The van der Waals surface area contributed by atoms with Crippen molar-refractivity contribution < 1.29 is 0 Å². The van der Waals surface area contributed by atoms with E-state index >= 15 is 0 Å². The number of unbranched alkanes of at least 4 members (excludes halogenated alkanes) is 7. The van der Waals surface area contributed by atoms with Gasteiger partial charge in [-0.2, -0.15) is 0 Å². The minimum absolute atomic E-state index is 0.285. The smallest absolute Gasteiger partial charge is 0.00773 e. The second-order valence-corrected chi connectivity index (χ2v) is 7.70. The summed E-state index contributed by atoms with van der Waals surface area (Å²) in [4.78, 5) is 0. The molecule has 0 atom stereocenters. The van der Waals surface area contributed by atoms with Crippen molar-refractivity contribution in [3.8, 4) is 0 Å². The zero-order valence-corrected chi connectivity index (χ0v) is 15.9. The first-order chi connectivity index (χ1) is 11.1. The lowest BCUT2D eigenvalue weighted by atomic mass is 9.79. The summed E-state index contributed by atoms with van der Waals surface area (Å²) in [5.41, 5.74) is 8.85. The summed E-state index contributed by atoms with van der Waals surface area (Å²) in [6.07, 6.45) is 14.5. The Kier molecular flexibility index (Phi) is 10.3. The molecule has 23 heavy (non-hydrogen) atoms. The molecule has 0 radical (unpaired) electrons. The highest BCUT2D eigenvalue weighted by atomic mass is 14.5. The minimum atomic E-state index is 0.285. The minimum Gasteiger partial charge on any atom is -0.330 e. The second kappa shape index (κ2) is 11.7. The third-order valence-electron chi connectivity index (χ3n) is 5.06. The molecule has 1 aromatic rings. The largest absolute Gasteiger partial charge is 0.330 e. The Morgan fingerprint density at radius 1 is 0.783 bits per heavy atom. The zero-order valence-electron chi connectivity index (χ0n) is 15.9. The molecule has 0 bridgehead atoms. The Hall–Kier alpha value is -0.820. The number of aryl methyl sites for hydroxylation is 1. The molecule has 0 unspecified atom stereocenters. The average molecular weight is 318 g/mol. The lowest BCUT2D eigenvalue weighted by molar-refractivity contribution is 0.448.